The molecule has 0 saturated heterocycles. The lowest BCUT2D eigenvalue weighted by Crippen LogP contribution is -2.04. The van der Waals surface area contributed by atoms with E-state index in [0.717, 1.165) is 0 Å². The maximum Gasteiger partial charge on any atom is 0.294 e. The van der Waals surface area contributed by atoms with Crippen LogP contribution in [0, 0.1) is 0 Å². The van der Waals surface area contributed by atoms with Gasteiger partial charge in [0.1, 0.15) is 0 Å². The fourth-order valence-corrected chi connectivity index (χ4v) is 1.80. The lowest BCUT2D eigenvalue weighted by atomic mass is 10.3. The van der Waals surface area contributed by atoms with Gasteiger partial charge in [-0.25, -0.2) is 0 Å². The highest BCUT2D eigenvalue weighted by Gasteiger charge is 2.10. The van der Waals surface area contributed by atoms with Crippen LogP contribution in [0.5, 0.6) is 0 Å². The van der Waals surface area contributed by atoms with Gasteiger partial charge in [0, 0.05) is 12.3 Å². The summed E-state index contributed by atoms with van der Waals surface area (Å²) in [6, 6.07) is 6.90. The molecule has 16 heavy (non-hydrogen) atoms. The minimum atomic E-state index is -4.23. The van der Waals surface area contributed by atoms with Crippen LogP contribution in [-0.4, -0.2) is 22.8 Å². The Morgan fingerprint density at radius 1 is 1.25 bits per heavy atom. The Kier molecular flexibility index (Phi) is 2.41. The third-order valence-corrected chi connectivity index (χ3v) is 2.85. The van der Waals surface area contributed by atoms with Crippen molar-refractivity contribution in [2.75, 3.05) is 0 Å². The van der Waals surface area contributed by atoms with Crippen LogP contribution in [-0.2, 0) is 10.1 Å². The van der Waals surface area contributed by atoms with Crippen molar-refractivity contribution in [3.8, 4) is 5.69 Å². The molecule has 2 N–H and O–H groups in total. The Morgan fingerprint density at radius 3 is 2.56 bits per heavy atom. The van der Waals surface area contributed by atoms with E-state index < -0.39 is 10.1 Å². The Labute approximate surface area is 90.9 Å². The molecule has 0 aliphatic carbocycles. The first-order valence-electron chi connectivity index (χ1n) is 4.32. The molecule has 1 heterocycles. The number of nitrogens with one attached hydrogen (secondary N) is 1. The first-order chi connectivity index (χ1) is 7.47. The number of aromatic amines is 1. The van der Waals surface area contributed by atoms with Gasteiger partial charge in [0.15, 0.2) is 0 Å². The van der Waals surface area contributed by atoms with E-state index in [4.69, 9.17) is 4.55 Å². The van der Waals surface area contributed by atoms with Gasteiger partial charge < -0.3 is 0 Å². The van der Waals surface area contributed by atoms with Crippen LogP contribution in [0.2, 0.25) is 0 Å². The van der Waals surface area contributed by atoms with Crippen molar-refractivity contribution in [2.45, 2.75) is 4.90 Å². The largest absolute Gasteiger partial charge is 0.294 e. The molecular weight excluding hydrogens is 232 g/mol. The van der Waals surface area contributed by atoms with Crippen molar-refractivity contribution < 1.29 is 13.0 Å². The van der Waals surface area contributed by atoms with Gasteiger partial charge in [-0.15, -0.1) is 0 Å². The van der Waals surface area contributed by atoms with Crippen LogP contribution >= 0.6 is 0 Å². The summed E-state index contributed by atoms with van der Waals surface area (Å²) >= 11 is 0. The summed E-state index contributed by atoms with van der Waals surface area (Å²) in [5.74, 6) is 0. The second-order valence-corrected chi connectivity index (χ2v) is 4.56. The molecule has 0 atom stereocenters. The fraction of sp³-hybridized carbons (Fsp3) is 0. The zero-order valence-electron chi connectivity index (χ0n) is 7.99. The highest BCUT2D eigenvalue weighted by Crippen LogP contribution is 2.13. The predicted octanol–water partition coefficient (Wildman–Crippen LogP) is 0.412. The first kappa shape index (κ1) is 10.7. The van der Waals surface area contributed by atoms with E-state index in [1.807, 2.05) is 0 Å². The summed E-state index contributed by atoms with van der Waals surface area (Å²) in [6.07, 6.45) is 1.46. The standard InChI is InChI=1S/C9H8N2O4S/c12-9-4-5-11(10-9)7-2-1-3-8(6-7)16(13,14)15/h1-6H,(H,10,12)(H,13,14,15). The average Bonchev–Trinajstić information content (AvgIpc) is 2.64. The molecule has 0 aliphatic rings. The Bertz CT molecular complexity index is 669. The van der Waals surface area contributed by atoms with Gasteiger partial charge in [0.25, 0.3) is 15.7 Å². The Hall–Kier alpha value is -1.86. The summed E-state index contributed by atoms with van der Waals surface area (Å²) in [4.78, 5) is 10.7. The molecule has 0 fully saturated rings. The van der Waals surface area contributed by atoms with E-state index in [2.05, 4.69) is 5.10 Å². The van der Waals surface area contributed by atoms with Crippen LogP contribution < -0.4 is 5.56 Å². The number of hydrogen-bond acceptors (Lipinski definition) is 3. The summed E-state index contributed by atoms with van der Waals surface area (Å²) in [6.45, 7) is 0. The average molecular weight is 240 g/mol. The number of hydrogen-bond donors (Lipinski definition) is 2. The highest BCUT2D eigenvalue weighted by molar-refractivity contribution is 7.85. The molecule has 0 spiro atoms. The smallest absolute Gasteiger partial charge is 0.282 e. The van der Waals surface area contributed by atoms with Crippen molar-refractivity contribution in [1.82, 2.24) is 9.78 Å². The van der Waals surface area contributed by atoms with E-state index in [1.54, 1.807) is 6.07 Å². The van der Waals surface area contributed by atoms with E-state index >= 15 is 0 Å². The summed E-state index contributed by atoms with van der Waals surface area (Å²) in [5, 5.41) is 2.46. The maximum atomic E-state index is 10.9. The first-order valence-corrected chi connectivity index (χ1v) is 5.76. The number of benzene rings is 1. The Morgan fingerprint density at radius 2 is 2.00 bits per heavy atom. The van der Waals surface area contributed by atoms with Crippen LogP contribution in [0.25, 0.3) is 5.69 Å². The third-order valence-electron chi connectivity index (χ3n) is 2.00. The van der Waals surface area contributed by atoms with Gasteiger partial charge in [-0.05, 0) is 18.2 Å². The number of rotatable bonds is 2. The highest BCUT2D eigenvalue weighted by atomic mass is 32.2. The zero-order chi connectivity index (χ0) is 11.8. The minimum Gasteiger partial charge on any atom is -0.282 e. The summed E-state index contributed by atoms with van der Waals surface area (Å²) < 4.78 is 32.0. The quantitative estimate of drug-likeness (QED) is 0.744. The van der Waals surface area contributed by atoms with Crippen LogP contribution in [0.3, 0.4) is 0 Å². The second kappa shape index (κ2) is 3.62. The molecule has 0 amide bonds. The van der Waals surface area contributed by atoms with Gasteiger partial charge >= 0.3 is 0 Å². The van der Waals surface area contributed by atoms with E-state index in [9.17, 15) is 13.2 Å². The Balaban J connectivity index is 2.56. The SMILES string of the molecule is O=c1ccn(-c2cccc(S(=O)(=O)O)c2)[nH]1. The van der Waals surface area contributed by atoms with E-state index in [0.29, 0.717) is 5.69 Å². The van der Waals surface area contributed by atoms with Crippen LogP contribution in [0.1, 0.15) is 0 Å². The third kappa shape index (κ3) is 2.05. The zero-order valence-corrected chi connectivity index (χ0v) is 8.81. The molecule has 84 valence electrons. The van der Waals surface area contributed by atoms with E-state index in [-0.39, 0.29) is 10.5 Å². The van der Waals surface area contributed by atoms with E-state index in [1.165, 1.54) is 35.1 Å². The summed E-state index contributed by atoms with van der Waals surface area (Å²) in [5.41, 5.74) is 0.148. The van der Waals surface area contributed by atoms with Gasteiger partial charge in [-0.1, -0.05) is 6.07 Å². The lowest BCUT2D eigenvalue weighted by Gasteiger charge is -2.03. The maximum absolute atomic E-state index is 10.9. The van der Waals surface area contributed by atoms with Crippen molar-refractivity contribution in [2.24, 2.45) is 0 Å². The molecule has 0 unspecified atom stereocenters. The number of aromatic nitrogens is 2. The molecule has 1 aromatic heterocycles. The summed E-state index contributed by atoms with van der Waals surface area (Å²) in [7, 11) is -4.23. The monoisotopic (exact) mass is 240 g/mol. The molecular formula is C9H8N2O4S. The molecule has 0 radical (unpaired) electrons. The fourth-order valence-electron chi connectivity index (χ4n) is 1.28. The predicted molar refractivity (Wildman–Crippen MR) is 56.2 cm³/mol. The molecule has 7 heteroatoms. The molecule has 0 aliphatic heterocycles. The van der Waals surface area contributed by atoms with Crippen LogP contribution in [0.4, 0.5) is 0 Å². The van der Waals surface area contributed by atoms with Crippen molar-refractivity contribution in [1.29, 1.82) is 0 Å². The van der Waals surface area contributed by atoms with Gasteiger partial charge in [-0.3, -0.25) is 19.1 Å². The van der Waals surface area contributed by atoms with Gasteiger partial charge in [-0.2, -0.15) is 8.42 Å². The number of H-pyrrole nitrogens is 1. The second-order valence-electron chi connectivity index (χ2n) is 3.13. The molecule has 2 rings (SSSR count). The van der Waals surface area contributed by atoms with Crippen molar-refractivity contribution in [3.05, 3.63) is 46.9 Å². The lowest BCUT2D eigenvalue weighted by molar-refractivity contribution is 0.483. The van der Waals surface area contributed by atoms with Gasteiger partial charge in [0.05, 0.1) is 10.6 Å². The molecule has 0 bridgehead atoms. The number of nitrogens with zero attached hydrogens (tertiary/aromatic N) is 1. The minimum absolute atomic E-state index is 0.223. The molecule has 6 nitrogen and oxygen atoms in total. The normalized spacial score (nSPS) is 11.6. The van der Waals surface area contributed by atoms with Crippen molar-refractivity contribution in [3.63, 3.8) is 0 Å². The van der Waals surface area contributed by atoms with Gasteiger partial charge in [0.2, 0.25) is 0 Å². The molecule has 0 saturated carbocycles. The molecule has 1 aromatic carbocycles. The molecule has 2 aromatic rings. The topological polar surface area (TPSA) is 92.2 Å². The van der Waals surface area contributed by atoms with Crippen LogP contribution in [0.15, 0.2) is 46.2 Å². The van der Waals surface area contributed by atoms with Crippen molar-refractivity contribution >= 4 is 10.1 Å².